The number of rotatable bonds is 4. The summed E-state index contributed by atoms with van der Waals surface area (Å²) >= 11 is 0. The van der Waals surface area contributed by atoms with Crippen LogP contribution < -0.4 is 0 Å². The number of piperidine rings is 1. The maximum atomic E-state index is 12.2. The number of aliphatic hydroxyl groups is 1. The summed E-state index contributed by atoms with van der Waals surface area (Å²) in [5, 5.41) is 10.2. The van der Waals surface area contributed by atoms with Gasteiger partial charge in [-0.25, -0.2) is 0 Å². The zero-order valence-corrected chi connectivity index (χ0v) is 13.2. The van der Waals surface area contributed by atoms with E-state index in [1.807, 2.05) is 23.6 Å². The van der Waals surface area contributed by atoms with Crippen molar-refractivity contribution in [1.29, 1.82) is 0 Å². The highest BCUT2D eigenvalue weighted by atomic mass is 16.5. The van der Waals surface area contributed by atoms with E-state index < -0.39 is 5.60 Å². The number of hydrogen-bond donors (Lipinski definition) is 1. The molecule has 0 radical (unpaired) electrons. The normalized spacial score (nSPS) is 23.0. The number of ether oxygens (including phenoxy) is 1. The fraction of sp³-hybridized carbons (Fsp3) is 0.867. The Balaban J connectivity index is 1.73. The van der Waals surface area contributed by atoms with Gasteiger partial charge in [-0.3, -0.25) is 14.5 Å². The minimum atomic E-state index is -0.641. The van der Waals surface area contributed by atoms with Crippen LogP contribution in [0.2, 0.25) is 0 Å². The second-order valence-electron chi connectivity index (χ2n) is 6.58. The van der Waals surface area contributed by atoms with Crippen LogP contribution in [-0.4, -0.2) is 72.2 Å². The fourth-order valence-electron chi connectivity index (χ4n) is 3.03. The van der Waals surface area contributed by atoms with Crippen LogP contribution in [0, 0.1) is 11.8 Å². The predicted octanol–water partition coefficient (Wildman–Crippen LogP) is 0.101. The number of β-amino-alcohol motifs (C(OH)–C–C–N with tert-alkyl or cyclic N) is 1. The number of methoxy groups -OCH3 is 1. The first kappa shape index (κ1) is 16.2. The topological polar surface area (TPSA) is 70.1 Å². The van der Waals surface area contributed by atoms with Crippen molar-refractivity contribution < 1.29 is 19.4 Å². The third-order valence-corrected chi connectivity index (χ3v) is 4.81. The largest absolute Gasteiger partial charge is 0.469 e. The van der Waals surface area contributed by atoms with Crippen LogP contribution >= 0.6 is 0 Å². The Kier molecular flexibility index (Phi) is 4.88. The van der Waals surface area contributed by atoms with Crippen LogP contribution in [0.15, 0.2) is 0 Å². The summed E-state index contributed by atoms with van der Waals surface area (Å²) in [4.78, 5) is 27.5. The minimum Gasteiger partial charge on any atom is -0.469 e. The molecule has 2 rings (SSSR count). The Morgan fingerprint density at radius 3 is 2.33 bits per heavy atom. The van der Waals surface area contributed by atoms with Gasteiger partial charge in [0.1, 0.15) is 0 Å². The second kappa shape index (κ2) is 6.32. The zero-order valence-electron chi connectivity index (χ0n) is 13.2. The van der Waals surface area contributed by atoms with E-state index in [1.54, 1.807) is 0 Å². The summed E-state index contributed by atoms with van der Waals surface area (Å²) in [6.07, 6.45) is 1.35. The van der Waals surface area contributed by atoms with Gasteiger partial charge in [0, 0.05) is 26.2 Å². The Morgan fingerprint density at radius 2 is 1.86 bits per heavy atom. The van der Waals surface area contributed by atoms with E-state index in [0.717, 1.165) is 0 Å². The van der Waals surface area contributed by atoms with Gasteiger partial charge in [0.2, 0.25) is 5.91 Å². The van der Waals surface area contributed by atoms with Crippen LogP contribution in [0.1, 0.15) is 26.7 Å². The quantitative estimate of drug-likeness (QED) is 0.746. The summed E-state index contributed by atoms with van der Waals surface area (Å²) < 4.78 is 4.74. The van der Waals surface area contributed by atoms with E-state index in [9.17, 15) is 14.7 Å². The Morgan fingerprint density at radius 1 is 1.29 bits per heavy atom. The van der Waals surface area contributed by atoms with Crippen LogP contribution in [0.5, 0.6) is 0 Å². The molecular formula is C15H26N2O4. The van der Waals surface area contributed by atoms with Gasteiger partial charge in [0.25, 0.3) is 0 Å². The fourth-order valence-corrected chi connectivity index (χ4v) is 3.03. The van der Waals surface area contributed by atoms with Gasteiger partial charge in [-0.1, -0.05) is 13.8 Å². The lowest BCUT2D eigenvalue weighted by atomic mass is 9.83. The lowest BCUT2D eigenvalue weighted by Crippen LogP contribution is -2.66. The van der Waals surface area contributed by atoms with Gasteiger partial charge in [-0.15, -0.1) is 0 Å². The molecule has 1 amide bonds. The first-order chi connectivity index (χ1) is 9.85. The van der Waals surface area contributed by atoms with E-state index in [1.165, 1.54) is 7.11 Å². The Bertz CT molecular complexity index is 396. The van der Waals surface area contributed by atoms with E-state index in [0.29, 0.717) is 45.6 Å². The average molecular weight is 298 g/mol. The number of likely N-dealkylation sites (tertiary alicyclic amines) is 2. The molecule has 0 spiro atoms. The first-order valence-corrected chi connectivity index (χ1v) is 7.66. The SMILES string of the molecule is COC(=O)C1CCN(C(=O)CN2CC(O)(C(C)C)C2)CC1. The van der Waals surface area contributed by atoms with Gasteiger partial charge < -0.3 is 14.7 Å². The number of esters is 1. The molecule has 0 bridgehead atoms. The Labute approximate surface area is 126 Å². The highest BCUT2D eigenvalue weighted by Gasteiger charge is 2.44. The maximum Gasteiger partial charge on any atom is 0.308 e. The van der Waals surface area contributed by atoms with Crippen LogP contribution in [0.25, 0.3) is 0 Å². The summed E-state index contributed by atoms with van der Waals surface area (Å²) in [5.74, 6) is 0.0460. The molecule has 1 N–H and O–H groups in total. The van der Waals surface area contributed by atoms with Crippen molar-refractivity contribution in [2.45, 2.75) is 32.3 Å². The maximum absolute atomic E-state index is 12.2. The molecule has 0 aromatic carbocycles. The summed E-state index contributed by atoms with van der Waals surface area (Å²) in [6.45, 7) is 6.71. The summed E-state index contributed by atoms with van der Waals surface area (Å²) in [5.41, 5.74) is -0.641. The minimum absolute atomic E-state index is 0.0749. The zero-order chi connectivity index (χ0) is 15.6. The van der Waals surface area contributed by atoms with E-state index in [-0.39, 0.29) is 23.7 Å². The molecule has 0 saturated carbocycles. The first-order valence-electron chi connectivity index (χ1n) is 7.66. The Hall–Kier alpha value is -1.14. The standard InChI is InChI=1S/C15H26N2O4/c1-11(2)15(20)9-16(10-15)8-13(18)17-6-4-12(5-7-17)14(19)21-3/h11-12,20H,4-10H2,1-3H3. The summed E-state index contributed by atoms with van der Waals surface area (Å²) in [6, 6.07) is 0. The van der Waals surface area contributed by atoms with Crippen molar-refractivity contribution in [2.24, 2.45) is 11.8 Å². The molecule has 6 heteroatoms. The average Bonchev–Trinajstić information content (AvgIpc) is 2.44. The van der Waals surface area contributed by atoms with Crippen LogP contribution in [-0.2, 0) is 14.3 Å². The highest BCUT2D eigenvalue weighted by Crippen LogP contribution is 2.28. The van der Waals surface area contributed by atoms with Gasteiger partial charge in [-0.2, -0.15) is 0 Å². The molecule has 2 fully saturated rings. The van der Waals surface area contributed by atoms with Crippen molar-refractivity contribution in [3.8, 4) is 0 Å². The molecule has 2 heterocycles. The number of carbonyl (C=O) groups excluding carboxylic acids is 2. The number of carbonyl (C=O) groups is 2. The second-order valence-corrected chi connectivity index (χ2v) is 6.58. The number of hydrogen-bond acceptors (Lipinski definition) is 5. The van der Waals surface area contributed by atoms with Crippen molar-refractivity contribution in [1.82, 2.24) is 9.80 Å². The lowest BCUT2D eigenvalue weighted by molar-refractivity contribution is -0.154. The van der Waals surface area contributed by atoms with Crippen molar-refractivity contribution >= 4 is 11.9 Å². The van der Waals surface area contributed by atoms with Crippen molar-refractivity contribution in [3.63, 3.8) is 0 Å². The number of nitrogens with zero attached hydrogens (tertiary/aromatic N) is 2. The van der Waals surface area contributed by atoms with Crippen molar-refractivity contribution in [3.05, 3.63) is 0 Å². The predicted molar refractivity (Wildman–Crippen MR) is 77.5 cm³/mol. The van der Waals surface area contributed by atoms with Crippen molar-refractivity contribution in [2.75, 3.05) is 39.8 Å². The number of amides is 1. The smallest absolute Gasteiger partial charge is 0.308 e. The van der Waals surface area contributed by atoms with Crippen LogP contribution in [0.4, 0.5) is 0 Å². The van der Waals surface area contributed by atoms with Crippen LogP contribution in [0.3, 0.4) is 0 Å². The molecule has 120 valence electrons. The molecule has 2 aliphatic heterocycles. The molecule has 2 saturated heterocycles. The molecule has 21 heavy (non-hydrogen) atoms. The third-order valence-electron chi connectivity index (χ3n) is 4.81. The highest BCUT2D eigenvalue weighted by molar-refractivity contribution is 5.79. The molecule has 6 nitrogen and oxygen atoms in total. The van der Waals surface area contributed by atoms with E-state index in [4.69, 9.17) is 4.74 Å². The lowest BCUT2D eigenvalue weighted by Gasteiger charge is -2.49. The molecule has 0 atom stereocenters. The monoisotopic (exact) mass is 298 g/mol. The molecule has 0 aromatic rings. The van der Waals surface area contributed by atoms with Gasteiger partial charge >= 0.3 is 5.97 Å². The molecule has 2 aliphatic rings. The van der Waals surface area contributed by atoms with E-state index in [2.05, 4.69) is 0 Å². The molecule has 0 unspecified atom stereocenters. The molecule has 0 aromatic heterocycles. The molecule has 0 aliphatic carbocycles. The van der Waals surface area contributed by atoms with Gasteiger partial charge in [-0.05, 0) is 18.8 Å². The third kappa shape index (κ3) is 3.55. The van der Waals surface area contributed by atoms with E-state index >= 15 is 0 Å². The van der Waals surface area contributed by atoms with Gasteiger partial charge in [0.05, 0.1) is 25.2 Å². The van der Waals surface area contributed by atoms with Gasteiger partial charge in [0.15, 0.2) is 0 Å². The molecular weight excluding hydrogens is 272 g/mol. The summed E-state index contributed by atoms with van der Waals surface area (Å²) in [7, 11) is 1.40.